The Morgan fingerprint density at radius 3 is 2.48 bits per heavy atom. The molecule has 2 atom stereocenters. The maximum Gasteiger partial charge on any atom is 0.328 e. The number of benzene rings is 1. The van der Waals surface area contributed by atoms with E-state index in [2.05, 4.69) is 25.8 Å². The van der Waals surface area contributed by atoms with Crippen molar-refractivity contribution in [3.63, 3.8) is 0 Å². The Morgan fingerprint density at radius 1 is 1.15 bits per heavy atom. The zero-order valence-corrected chi connectivity index (χ0v) is 15.8. The largest absolute Gasteiger partial charge is 0.366 e. The van der Waals surface area contributed by atoms with Gasteiger partial charge in [-0.25, -0.2) is 4.79 Å². The zero-order chi connectivity index (χ0) is 19.6. The van der Waals surface area contributed by atoms with E-state index in [0.29, 0.717) is 13.1 Å². The number of nitrogens with one attached hydrogen (secondary N) is 1. The second-order valence-corrected chi connectivity index (χ2v) is 7.93. The van der Waals surface area contributed by atoms with Crippen LogP contribution in [0, 0.1) is 5.41 Å². The fourth-order valence-corrected chi connectivity index (χ4v) is 3.11. The summed E-state index contributed by atoms with van der Waals surface area (Å²) in [5.74, 6) is -0.178. The lowest BCUT2D eigenvalue weighted by Crippen LogP contribution is -2.52. The summed E-state index contributed by atoms with van der Waals surface area (Å²) < 4.78 is 7.51. The van der Waals surface area contributed by atoms with Gasteiger partial charge in [-0.05, 0) is 11.0 Å². The van der Waals surface area contributed by atoms with Crippen LogP contribution in [0.1, 0.15) is 32.4 Å². The van der Waals surface area contributed by atoms with E-state index < -0.39 is 11.2 Å². The average molecular weight is 371 g/mol. The number of carbonyl (C=O) groups is 1. The molecule has 1 aromatic carbocycles. The van der Waals surface area contributed by atoms with Gasteiger partial charge in [0.05, 0.1) is 12.6 Å². The van der Waals surface area contributed by atoms with Gasteiger partial charge in [-0.2, -0.15) is 0 Å². The third kappa shape index (κ3) is 4.54. The Morgan fingerprint density at radius 2 is 1.85 bits per heavy atom. The van der Waals surface area contributed by atoms with Crippen molar-refractivity contribution in [2.45, 2.75) is 39.5 Å². The van der Waals surface area contributed by atoms with Crippen LogP contribution in [0.2, 0.25) is 0 Å². The number of ether oxygens (including phenoxy) is 1. The number of aromatic amines is 1. The molecule has 7 heteroatoms. The molecule has 1 N–H and O–H groups in total. The number of amides is 1. The number of rotatable bonds is 3. The molecule has 1 aliphatic rings. The molecule has 1 aliphatic heterocycles. The van der Waals surface area contributed by atoms with E-state index in [1.165, 1.54) is 16.8 Å². The van der Waals surface area contributed by atoms with E-state index >= 15 is 0 Å². The van der Waals surface area contributed by atoms with Crippen LogP contribution in [-0.4, -0.2) is 39.6 Å². The Hall–Kier alpha value is -2.67. The van der Waals surface area contributed by atoms with Gasteiger partial charge in [0.2, 0.25) is 5.91 Å². The van der Waals surface area contributed by atoms with E-state index in [4.69, 9.17) is 4.74 Å². The molecular formula is C20H25N3O4. The Labute approximate surface area is 157 Å². The standard InChI is InChI=1S/C20H25N3O4/c1-20(2,3)16-12-23(11-15(27-16)14-7-5-4-6-8-14)18(25)13-22-10-9-17(24)21-19(22)26/h4-10,15-16H,11-13H2,1-3H3,(H,21,24,26)/t15-,16+/m0/s1. The second-order valence-electron chi connectivity index (χ2n) is 7.93. The quantitative estimate of drug-likeness (QED) is 0.887. The average Bonchev–Trinajstić information content (AvgIpc) is 2.63. The number of nitrogens with zero attached hydrogens (tertiary/aromatic N) is 2. The summed E-state index contributed by atoms with van der Waals surface area (Å²) in [7, 11) is 0. The Balaban J connectivity index is 1.82. The summed E-state index contributed by atoms with van der Waals surface area (Å²) >= 11 is 0. The van der Waals surface area contributed by atoms with Gasteiger partial charge >= 0.3 is 5.69 Å². The first-order valence-electron chi connectivity index (χ1n) is 9.02. The first-order valence-corrected chi connectivity index (χ1v) is 9.02. The number of aromatic nitrogens is 2. The monoisotopic (exact) mass is 371 g/mol. The van der Waals surface area contributed by atoms with Gasteiger partial charge in [0.25, 0.3) is 5.56 Å². The van der Waals surface area contributed by atoms with Crippen LogP contribution >= 0.6 is 0 Å². The molecule has 1 amide bonds. The van der Waals surface area contributed by atoms with Crippen LogP contribution in [0.4, 0.5) is 0 Å². The van der Waals surface area contributed by atoms with Crippen molar-refractivity contribution in [1.82, 2.24) is 14.5 Å². The molecule has 0 radical (unpaired) electrons. The number of H-pyrrole nitrogens is 1. The molecule has 2 heterocycles. The lowest BCUT2D eigenvalue weighted by atomic mass is 9.87. The maximum atomic E-state index is 12.9. The van der Waals surface area contributed by atoms with Crippen LogP contribution < -0.4 is 11.2 Å². The van der Waals surface area contributed by atoms with Gasteiger partial charge < -0.3 is 9.64 Å². The molecule has 0 unspecified atom stereocenters. The van der Waals surface area contributed by atoms with Crippen LogP contribution in [0.15, 0.2) is 52.2 Å². The topological polar surface area (TPSA) is 84.4 Å². The van der Waals surface area contributed by atoms with Gasteiger partial charge in [0.1, 0.15) is 12.6 Å². The van der Waals surface area contributed by atoms with E-state index in [1.807, 2.05) is 30.3 Å². The van der Waals surface area contributed by atoms with Crippen molar-refractivity contribution in [2.24, 2.45) is 5.41 Å². The van der Waals surface area contributed by atoms with Gasteiger partial charge in [-0.3, -0.25) is 19.1 Å². The summed E-state index contributed by atoms with van der Waals surface area (Å²) in [6.07, 6.45) is 0.989. The van der Waals surface area contributed by atoms with Crippen LogP contribution in [-0.2, 0) is 16.1 Å². The molecule has 144 valence electrons. The van der Waals surface area contributed by atoms with Crippen molar-refractivity contribution in [3.8, 4) is 0 Å². The van der Waals surface area contributed by atoms with Gasteiger partial charge in [-0.15, -0.1) is 0 Å². The lowest BCUT2D eigenvalue weighted by Gasteiger charge is -2.43. The van der Waals surface area contributed by atoms with Crippen molar-refractivity contribution in [3.05, 3.63) is 69.0 Å². The number of carbonyl (C=O) groups excluding carboxylic acids is 1. The fraction of sp³-hybridized carbons (Fsp3) is 0.450. The summed E-state index contributed by atoms with van der Waals surface area (Å²) in [4.78, 5) is 39.9. The molecule has 1 aromatic heterocycles. The van der Waals surface area contributed by atoms with Crippen LogP contribution in [0.25, 0.3) is 0 Å². The van der Waals surface area contributed by atoms with E-state index in [1.54, 1.807) is 4.90 Å². The lowest BCUT2D eigenvalue weighted by molar-refractivity contribution is -0.157. The summed E-state index contributed by atoms with van der Waals surface area (Å²) in [6.45, 7) is 7.02. The molecule has 0 spiro atoms. The third-order valence-electron chi connectivity index (χ3n) is 4.79. The first kappa shape index (κ1) is 19.1. The van der Waals surface area contributed by atoms with Gasteiger partial charge in [0.15, 0.2) is 0 Å². The normalized spacial score (nSPS) is 20.5. The number of morpholine rings is 1. The highest BCUT2D eigenvalue weighted by Gasteiger charge is 2.37. The summed E-state index contributed by atoms with van der Waals surface area (Å²) in [6, 6.07) is 11.1. The predicted molar refractivity (Wildman–Crippen MR) is 101 cm³/mol. The highest BCUT2D eigenvalue weighted by Crippen LogP contribution is 2.33. The molecule has 0 bridgehead atoms. The molecule has 7 nitrogen and oxygen atoms in total. The van der Waals surface area contributed by atoms with Crippen molar-refractivity contribution >= 4 is 5.91 Å². The predicted octanol–water partition coefficient (Wildman–Crippen LogP) is 1.55. The van der Waals surface area contributed by atoms with Crippen molar-refractivity contribution < 1.29 is 9.53 Å². The number of hydrogen-bond donors (Lipinski definition) is 1. The molecule has 0 saturated carbocycles. The summed E-state index contributed by atoms with van der Waals surface area (Å²) in [5.41, 5.74) is -0.186. The van der Waals surface area contributed by atoms with Gasteiger partial charge in [-0.1, -0.05) is 51.1 Å². The minimum absolute atomic E-state index is 0.117. The molecule has 27 heavy (non-hydrogen) atoms. The summed E-state index contributed by atoms with van der Waals surface area (Å²) in [5, 5.41) is 0. The fourth-order valence-electron chi connectivity index (χ4n) is 3.11. The third-order valence-corrected chi connectivity index (χ3v) is 4.79. The van der Waals surface area contributed by atoms with Crippen LogP contribution in [0.5, 0.6) is 0 Å². The Bertz CT molecular complexity index is 911. The molecule has 3 rings (SSSR count). The minimum atomic E-state index is -0.587. The minimum Gasteiger partial charge on any atom is -0.366 e. The van der Waals surface area contributed by atoms with Crippen molar-refractivity contribution in [2.75, 3.05) is 13.1 Å². The molecule has 0 aliphatic carbocycles. The highest BCUT2D eigenvalue weighted by molar-refractivity contribution is 5.76. The van der Waals surface area contributed by atoms with Crippen LogP contribution in [0.3, 0.4) is 0 Å². The number of hydrogen-bond acceptors (Lipinski definition) is 4. The maximum absolute atomic E-state index is 12.9. The molecule has 1 fully saturated rings. The SMILES string of the molecule is CC(C)(C)[C@H]1CN(C(=O)Cn2ccc(=O)[nH]c2=O)C[C@@H](c2ccccc2)O1. The Kier molecular flexibility index (Phi) is 5.32. The van der Waals surface area contributed by atoms with Gasteiger partial charge in [0, 0.05) is 18.8 Å². The zero-order valence-electron chi connectivity index (χ0n) is 15.8. The van der Waals surface area contributed by atoms with E-state index in [9.17, 15) is 14.4 Å². The highest BCUT2D eigenvalue weighted by atomic mass is 16.5. The molecule has 2 aromatic rings. The van der Waals surface area contributed by atoms with E-state index in [-0.39, 0.29) is 30.1 Å². The molecule has 1 saturated heterocycles. The smallest absolute Gasteiger partial charge is 0.328 e. The van der Waals surface area contributed by atoms with Crippen molar-refractivity contribution in [1.29, 1.82) is 0 Å². The molecular weight excluding hydrogens is 346 g/mol. The van der Waals surface area contributed by atoms with E-state index in [0.717, 1.165) is 5.56 Å². The first-order chi connectivity index (χ1) is 12.7. The second kappa shape index (κ2) is 7.52.